The van der Waals surface area contributed by atoms with Crippen LogP contribution in [-0.2, 0) is 4.79 Å². The molecule has 1 aliphatic rings. The molecule has 0 N–H and O–H groups in total. The molecule has 1 aliphatic carbocycles. The summed E-state index contributed by atoms with van der Waals surface area (Å²) in [6, 6.07) is 0. The molecule has 0 heterocycles. The Morgan fingerprint density at radius 1 is 1.70 bits per heavy atom. The lowest BCUT2D eigenvalue weighted by Gasteiger charge is -2.18. The Balaban J connectivity index is 2.70. The Labute approximate surface area is 62.8 Å². The molecule has 1 fully saturated rings. The molecule has 0 radical (unpaired) electrons. The van der Waals surface area contributed by atoms with Crippen LogP contribution in [0.5, 0.6) is 0 Å². The average Bonchev–Trinajstić information content (AvgIpc) is 2.09. The Kier molecular flexibility index (Phi) is 1.84. The number of carbonyl (C=O) groups excluding carboxylic acids is 1. The maximum Gasteiger partial charge on any atom is 0.139 e. The lowest BCUT2D eigenvalue weighted by molar-refractivity contribution is -0.125. The molecular weight excluding hydrogens is 124 g/mol. The first-order valence-electron chi connectivity index (χ1n) is 4.12. The molecule has 1 heteroatoms. The summed E-state index contributed by atoms with van der Waals surface area (Å²) in [7, 11) is 0. The zero-order chi connectivity index (χ0) is 7.78. The maximum absolute atomic E-state index is 11.3. The monoisotopic (exact) mass is 140 g/mol. The van der Waals surface area contributed by atoms with Crippen molar-refractivity contribution in [2.75, 3.05) is 0 Å². The van der Waals surface area contributed by atoms with Crippen molar-refractivity contribution in [3.05, 3.63) is 0 Å². The van der Waals surface area contributed by atoms with Gasteiger partial charge in [-0.2, -0.15) is 0 Å². The predicted molar refractivity (Wildman–Crippen MR) is 41.8 cm³/mol. The second-order valence-corrected chi connectivity index (χ2v) is 3.85. The van der Waals surface area contributed by atoms with Crippen LogP contribution < -0.4 is 0 Å². The molecule has 0 saturated heterocycles. The summed E-state index contributed by atoms with van der Waals surface area (Å²) in [5.74, 6) is 1.10. The fourth-order valence-corrected chi connectivity index (χ4v) is 1.86. The third kappa shape index (κ3) is 1.09. The Hall–Kier alpha value is -0.330. The van der Waals surface area contributed by atoms with Crippen molar-refractivity contribution in [2.45, 2.75) is 40.0 Å². The van der Waals surface area contributed by atoms with E-state index in [0.717, 1.165) is 19.3 Å². The highest BCUT2D eigenvalue weighted by atomic mass is 16.1. The van der Waals surface area contributed by atoms with E-state index in [4.69, 9.17) is 0 Å². The minimum Gasteiger partial charge on any atom is -0.299 e. The van der Waals surface area contributed by atoms with E-state index in [0.29, 0.717) is 11.7 Å². The van der Waals surface area contributed by atoms with Crippen molar-refractivity contribution in [1.82, 2.24) is 0 Å². The van der Waals surface area contributed by atoms with Gasteiger partial charge in [-0.3, -0.25) is 4.79 Å². The second-order valence-electron chi connectivity index (χ2n) is 3.85. The molecule has 0 amide bonds. The largest absolute Gasteiger partial charge is 0.299 e. The van der Waals surface area contributed by atoms with Gasteiger partial charge in [-0.1, -0.05) is 20.8 Å². The van der Waals surface area contributed by atoms with Gasteiger partial charge in [0.1, 0.15) is 5.78 Å². The first-order valence-corrected chi connectivity index (χ1v) is 4.12. The molecule has 0 aromatic carbocycles. The van der Waals surface area contributed by atoms with E-state index in [1.54, 1.807) is 0 Å². The van der Waals surface area contributed by atoms with Gasteiger partial charge >= 0.3 is 0 Å². The molecule has 0 unspecified atom stereocenters. The van der Waals surface area contributed by atoms with Crippen LogP contribution in [0.25, 0.3) is 0 Å². The minimum atomic E-state index is 0.0272. The minimum absolute atomic E-state index is 0.0272. The summed E-state index contributed by atoms with van der Waals surface area (Å²) in [5, 5.41) is 0. The van der Waals surface area contributed by atoms with E-state index in [1.165, 1.54) is 0 Å². The quantitative estimate of drug-likeness (QED) is 0.546. The van der Waals surface area contributed by atoms with Gasteiger partial charge in [-0.05, 0) is 18.8 Å². The lowest BCUT2D eigenvalue weighted by atomic mass is 9.84. The van der Waals surface area contributed by atoms with Gasteiger partial charge in [0.15, 0.2) is 0 Å². The summed E-state index contributed by atoms with van der Waals surface area (Å²) in [6.45, 7) is 6.37. The third-order valence-corrected chi connectivity index (χ3v) is 2.79. The number of Topliss-reactive ketones (excluding diaryl/α,β-unsaturated/α-hetero) is 1. The van der Waals surface area contributed by atoms with Gasteiger partial charge in [0.05, 0.1) is 0 Å². The van der Waals surface area contributed by atoms with Crippen LogP contribution in [0.3, 0.4) is 0 Å². The Bertz CT molecular complexity index is 151. The zero-order valence-corrected chi connectivity index (χ0v) is 7.11. The molecule has 0 bridgehead atoms. The molecule has 0 spiro atoms. The van der Waals surface area contributed by atoms with E-state index in [-0.39, 0.29) is 5.41 Å². The maximum atomic E-state index is 11.3. The van der Waals surface area contributed by atoms with Gasteiger partial charge < -0.3 is 0 Å². The molecular formula is C9H16O. The van der Waals surface area contributed by atoms with E-state index in [2.05, 4.69) is 20.8 Å². The molecule has 0 aromatic heterocycles. The molecule has 0 aromatic rings. The molecule has 0 aliphatic heterocycles. The molecule has 1 nitrogen and oxygen atoms in total. The number of carbonyl (C=O) groups is 1. The summed E-state index contributed by atoms with van der Waals surface area (Å²) >= 11 is 0. The Morgan fingerprint density at radius 2 is 2.30 bits per heavy atom. The van der Waals surface area contributed by atoms with Crippen molar-refractivity contribution in [3.63, 3.8) is 0 Å². The zero-order valence-electron chi connectivity index (χ0n) is 7.11. The van der Waals surface area contributed by atoms with Crippen LogP contribution in [-0.4, -0.2) is 5.78 Å². The van der Waals surface area contributed by atoms with Crippen LogP contribution in [0.4, 0.5) is 0 Å². The third-order valence-electron chi connectivity index (χ3n) is 2.79. The number of ketones is 1. The van der Waals surface area contributed by atoms with E-state index >= 15 is 0 Å². The van der Waals surface area contributed by atoms with E-state index < -0.39 is 0 Å². The van der Waals surface area contributed by atoms with Crippen LogP contribution in [0.2, 0.25) is 0 Å². The SMILES string of the molecule is CC[C@]1(C)C[C@@H](C)CC1=O. The number of rotatable bonds is 1. The highest BCUT2D eigenvalue weighted by molar-refractivity contribution is 5.86. The number of hydrogen-bond donors (Lipinski definition) is 0. The highest BCUT2D eigenvalue weighted by Crippen LogP contribution is 2.40. The molecule has 1 saturated carbocycles. The molecule has 10 heavy (non-hydrogen) atoms. The smallest absolute Gasteiger partial charge is 0.139 e. The number of hydrogen-bond acceptors (Lipinski definition) is 1. The Morgan fingerprint density at radius 3 is 2.50 bits per heavy atom. The summed E-state index contributed by atoms with van der Waals surface area (Å²) in [4.78, 5) is 11.3. The van der Waals surface area contributed by atoms with Gasteiger partial charge in [-0.15, -0.1) is 0 Å². The standard InChI is InChI=1S/C9H16O/c1-4-9(3)6-7(2)5-8(9)10/h7H,4-6H2,1-3H3/t7-,9+/m0/s1. The summed E-state index contributed by atoms with van der Waals surface area (Å²) in [6.07, 6.45) is 2.92. The average molecular weight is 140 g/mol. The first kappa shape index (κ1) is 7.77. The van der Waals surface area contributed by atoms with Crippen molar-refractivity contribution in [2.24, 2.45) is 11.3 Å². The van der Waals surface area contributed by atoms with Crippen LogP contribution in [0, 0.1) is 11.3 Å². The van der Waals surface area contributed by atoms with Crippen molar-refractivity contribution < 1.29 is 4.79 Å². The van der Waals surface area contributed by atoms with Crippen molar-refractivity contribution in [3.8, 4) is 0 Å². The van der Waals surface area contributed by atoms with E-state index in [9.17, 15) is 4.79 Å². The fraction of sp³-hybridized carbons (Fsp3) is 0.889. The van der Waals surface area contributed by atoms with Crippen molar-refractivity contribution in [1.29, 1.82) is 0 Å². The second kappa shape index (κ2) is 2.37. The van der Waals surface area contributed by atoms with Gasteiger partial charge in [-0.25, -0.2) is 0 Å². The predicted octanol–water partition coefficient (Wildman–Crippen LogP) is 2.40. The molecule has 58 valence electrons. The lowest BCUT2D eigenvalue weighted by Crippen LogP contribution is -2.19. The van der Waals surface area contributed by atoms with Crippen molar-refractivity contribution >= 4 is 5.78 Å². The molecule has 1 rings (SSSR count). The first-order chi connectivity index (χ1) is 4.58. The highest BCUT2D eigenvalue weighted by Gasteiger charge is 2.39. The summed E-state index contributed by atoms with van der Waals surface area (Å²) < 4.78 is 0. The van der Waals surface area contributed by atoms with Crippen LogP contribution >= 0.6 is 0 Å². The topological polar surface area (TPSA) is 17.1 Å². The van der Waals surface area contributed by atoms with Gasteiger partial charge in [0.2, 0.25) is 0 Å². The van der Waals surface area contributed by atoms with Crippen LogP contribution in [0.15, 0.2) is 0 Å². The van der Waals surface area contributed by atoms with Crippen LogP contribution in [0.1, 0.15) is 40.0 Å². The van der Waals surface area contributed by atoms with Gasteiger partial charge in [0.25, 0.3) is 0 Å². The normalized spacial score (nSPS) is 40.7. The fourth-order valence-electron chi connectivity index (χ4n) is 1.86. The summed E-state index contributed by atoms with van der Waals surface area (Å²) in [5.41, 5.74) is 0.0272. The molecule has 2 atom stereocenters. The van der Waals surface area contributed by atoms with Gasteiger partial charge in [0, 0.05) is 11.8 Å². The van der Waals surface area contributed by atoms with E-state index in [1.807, 2.05) is 0 Å².